The van der Waals surface area contributed by atoms with E-state index in [-0.39, 0.29) is 23.2 Å². The SMILES string of the molecule is C=C1c2ccccc2C(=O)N1CC(=O)OCC(=O)Nc1cc(Cl)ccc1F. The summed E-state index contributed by atoms with van der Waals surface area (Å²) in [5.74, 6) is -2.56. The second-order valence-corrected chi connectivity index (χ2v) is 6.15. The van der Waals surface area contributed by atoms with Gasteiger partial charge in [0.15, 0.2) is 6.61 Å². The van der Waals surface area contributed by atoms with E-state index in [0.29, 0.717) is 16.8 Å². The van der Waals surface area contributed by atoms with Gasteiger partial charge in [0.2, 0.25) is 0 Å². The molecule has 2 aromatic carbocycles. The number of nitrogens with one attached hydrogen (secondary N) is 1. The maximum absolute atomic E-state index is 13.6. The number of hydrogen-bond acceptors (Lipinski definition) is 4. The van der Waals surface area contributed by atoms with Gasteiger partial charge in [-0.25, -0.2) is 4.39 Å². The summed E-state index contributed by atoms with van der Waals surface area (Å²) in [6.45, 7) is 2.80. The van der Waals surface area contributed by atoms with Crippen LogP contribution in [0.5, 0.6) is 0 Å². The minimum atomic E-state index is -0.793. The Morgan fingerprint density at radius 1 is 1.19 bits per heavy atom. The number of benzene rings is 2. The minimum absolute atomic E-state index is 0.123. The smallest absolute Gasteiger partial charge is 0.326 e. The Morgan fingerprint density at radius 3 is 2.59 bits per heavy atom. The lowest BCUT2D eigenvalue weighted by atomic mass is 10.1. The molecule has 0 atom stereocenters. The molecule has 2 aromatic rings. The maximum atomic E-state index is 13.6. The second kappa shape index (κ2) is 7.59. The fourth-order valence-electron chi connectivity index (χ4n) is 2.60. The zero-order chi connectivity index (χ0) is 19.6. The van der Waals surface area contributed by atoms with Crippen LogP contribution in [-0.2, 0) is 14.3 Å². The van der Waals surface area contributed by atoms with Crippen molar-refractivity contribution < 1.29 is 23.5 Å². The number of amides is 2. The van der Waals surface area contributed by atoms with Crippen LogP contribution in [0.4, 0.5) is 10.1 Å². The van der Waals surface area contributed by atoms with Crippen LogP contribution in [-0.4, -0.2) is 35.8 Å². The van der Waals surface area contributed by atoms with E-state index in [0.717, 1.165) is 6.07 Å². The summed E-state index contributed by atoms with van der Waals surface area (Å²) in [4.78, 5) is 37.3. The molecule has 0 bridgehead atoms. The van der Waals surface area contributed by atoms with Gasteiger partial charge in [0.05, 0.1) is 5.69 Å². The van der Waals surface area contributed by atoms with Gasteiger partial charge in [-0.05, 0) is 24.3 Å². The highest BCUT2D eigenvalue weighted by Crippen LogP contribution is 2.30. The highest BCUT2D eigenvalue weighted by molar-refractivity contribution is 6.30. The molecule has 1 heterocycles. The van der Waals surface area contributed by atoms with Crippen molar-refractivity contribution in [2.24, 2.45) is 0 Å². The quantitative estimate of drug-likeness (QED) is 0.799. The van der Waals surface area contributed by atoms with Gasteiger partial charge in [-0.15, -0.1) is 0 Å². The number of esters is 1. The molecule has 6 nitrogen and oxygen atoms in total. The average molecular weight is 389 g/mol. The van der Waals surface area contributed by atoms with E-state index in [2.05, 4.69) is 11.9 Å². The number of anilines is 1. The van der Waals surface area contributed by atoms with E-state index in [1.807, 2.05) is 0 Å². The van der Waals surface area contributed by atoms with E-state index in [1.165, 1.54) is 17.0 Å². The summed E-state index contributed by atoms with van der Waals surface area (Å²) in [5.41, 5.74) is 1.36. The highest BCUT2D eigenvalue weighted by Gasteiger charge is 2.32. The van der Waals surface area contributed by atoms with Gasteiger partial charge in [0.25, 0.3) is 11.8 Å². The number of fused-ring (bicyclic) bond motifs is 1. The molecule has 8 heteroatoms. The molecule has 27 heavy (non-hydrogen) atoms. The van der Waals surface area contributed by atoms with Gasteiger partial charge in [0, 0.05) is 21.8 Å². The van der Waals surface area contributed by atoms with Crippen LogP contribution in [0.1, 0.15) is 15.9 Å². The molecule has 0 radical (unpaired) electrons. The minimum Gasteiger partial charge on any atom is -0.454 e. The Hall–Kier alpha value is -3.19. The predicted octanol–water partition coefficient (Wildman–Crippen LogP) is 3.09. The van der Waals surface area contributed by atoms with Crippen molar-refractivity contribution in [3.8, 4) is 0 Å². The lowest BCUT2D eigenvalue weighted by Crippen LogP contribution is -2.32. The molecular weight excluding hydrogens is 375 g/mol. The summed E-state index contributed by atoms with van der Waals surface area (Å²) in [6.07, 6.45) is 0. The Bertz CT molecular complexity index is 925. The number of hydrogen-bond donors (Lipinski definition) is 1. The van der Waals surface area contributed by atoms with Gasteiger partial charge in [0.1, 0.15) is 12.4 Å². The molecule has 2 amide bonds. The van der Waals surface area contributed by atoms with Crippen LogP contribution in [0.3, 0.4) is 0 Å². The molecule has 3 rings (SSSR count). The highest BCUT2D eigenvalue weighted by atomic mass is 35.5. The molecule has 0 saturated carbocycles. The third kappa shape index (κ3) is 3.98. The number of ether oxygens (including phenoxy) is 1. The fraction of sp³-hybridized carbons (Fsp3) is 0.105. The van der Waals surface area contributed by atoms with Crippen LogP contribution < -0.4 is 5.32 Å². The topological polar surface area (TPSA) is 75.7 Å². The number of carbonyl (C=O) groups excluding carboxylic acids is 3. The standard InChI is InChI=1S/C19H14ClFN2O4/c1-11-13-4-2-3-5-14(13)19(26)23(11)9-18(25)27-10-17(24)22-16-8-12(20)6-7-15(16)21/h2-8H,1,9-10H2,(H,22,24). The Labute approximate surface area is 159 Å². The molecule has 1 aliphatic heterocycles. The lowest BCUT2D eigenvalue weighted by Gasteiger charge is -2.16. The molecule has 0 fully saturated rings. The first kappa shape index (κ1) is 18.6. The van der Waals surface area contributed by atoms with Crippen LogP contribution in [0.15, 0.2) is 49.0 Å². The van der Waals surface area contributed by atoms with Gasteiger partial charge in [-0.3, -0.25) is 19.3 Å². The molecule has 1 N–H and O–H groups in total. The number of halogens is 2. The summed E-state index contributed by atoms with van der Waals surface area (Å²) < 4.78 is 18.4. The third-order valence-electron chi connectivity index (χ3n) is 3.89. The van der Waals surface area contributed by atoms with Crippen molar-refractivity contribution in [1.82, 2.24) is 4.90 Å². The third-order valence-corrected chi connectivity index (χ3v) is 4.13. The van der Waals surface area contributed by atoms with Crippen molar-refractivity contribution in [1.29, 1.82) is 0 Å². The van der Waals surface area contributed by atoms with Crippen molar-refractivity contribution in [2.45, 2.75) is 0 Å². The summed E-state index contributed by atoms with van der Waals surface area (Å²) in [7, 11) is 0. The van der Waals surface area contributed by atoms with Crippen molar-refractivity contribution >= 4 is 40.8 Å². The van der Waals surface area contributed by atoms with Crippen molar-refractivity contribution in [3.05, 3.63) is 71.0 Å². The van der Waals surface area contributed by atoms with Crippen LogP contribution in [0.2, 0.25) is 5.02 Å². The van der Waals surface area contributed by atoms with Crippen LogP contribution >= 0.6 is 11.6 Å². The van der Waals surface area contributed by atoms with Crippen LogP contribution in [0, 0.1) is 5.82 Å². The maximum Gasteiger partial charge on any atom is 0.326 e. The largest absolute Gasteiger partial charge is 0.454 e. The van der Waals surface area contributed by atoms with Gasteiger partial charge in [-0.1, -0.05) is 36.4 Å². The number of nitrogens with zero attached hydrogens (tertiary/aromatic N) is 1. The zero-order valence-corrected chi connectivity index (χ0v) is 14.8. The van der Waals surface area contributed by atoms with Crippen molar-refractivity contribution in [3.63, 3.8) is 0 Å². The van der Waals surface area contributed by atoms with Crippen LogP contribution in [0.25, 0.3) is 5.70 Å². The number of rotatable bonds is 5. The summed E-state index contributed by atoms with van der Waals surface area (Å²) in [5, 5.41) is 2.50. The van der Waals surface area contributed by atoms with E-state index >= 15 is 0 Å². The molecular formula is C19H14ClFN2O4. The Kier molecular flexibility index (Phi) is 5.23. The van der Waals surface area contributed by atoms with Gasteiger partial charge >= 0.3 is 5.97 Å². The summed E-state index contributed by atoms with van der Waals surface area (Å²) in [6, 6.07) is 10.5. The monoisotopic (exact) mass is 388 g/mol. The van der Waals surface area contributed by atoms with E-state index in [4.69, 9.17) is 16.3 Å². The van der Waals surface area contributed by atoms with E-state index in [1.54, 1.807) is 24.3 Å². The molecule has 1 aliphatic rings. The Balaban J connectivity index is 1.54. The Morgan fingerprint density at radius 2 is 1.89 bits per heavy atom. The predicted molar refractivity (Wildman–Crippen MR) is 97.5 cm³/mol. The first-order valence-corrected chi connectivity index (χ1v) is 8.25. The first-order chi connectivity index (χ1) is 12.9. The zero-order valence-electron chi connectivity index (χ0n) is 14.0. The van der Waals surface area contributed by atoms with Gasteiger partial charge < -0.3 is 10.1 Å². The molecule has 0 spiro atoms. The molecule has 138 valence electrons. The average Bonchev–Trinajstić information content (AvgIpc) is 2.88. The van der Waals surface area contributed by atoms with Crippen molar-refractivity contribution in [2.75, 3.05) is 18.5 Å². The lowest BCUT2D eigenvalue weighted by molar-refractivity contribution is -0.147. The fourth-order valence-corrected chi connectivity index (χ4v) is 2.77. The van der Waals surface area contributed by atoms with Gasteiger partial charge in [-0.2, -0.15) is 0 Å². The number of carbonyl (C=O) groups is 3. The second-order valence-electron chi connectivity index (χ2n) is 5.72. The summed E-state index contributed by atoms with van der Waals surface area (Å²) >= 11 is 5.74. The van der Waals surface area contributed by atoms with E-state index < -0.39 is 24.3 Å². The molecule has 0 aromatic heterocycles. The molecule has 0 saturated heterocycles. The van der Waals surface area contributed by atoms with E-state index in [9.17, 15) is 18.8 Å². The first-order valence-electron chi connectivity index (χ1n) is 7.87. The molecule has 0 aliphatic carbocycles. The normalized spacial score (nSPS) is 12.7. The molecule has 0 unspecified atom stereocenters.